The van der Waals surface area contributed by atoms with Crippen LogP contribution in [-0.4, -0.2) is 52.4 Å². The van der Waals surface area contributed by atoms with Crippen LogP contribution in [-0.2, 0) is 15.6 Å². The van der Waals surface area contributed by atoms with Gasteiger partial charge in [0.05, 0.1) is 5.54 Å². The lowest BCUT2D eigenvalue weighted by atomic mass is 9.99. The van der Waals surface area contributed by atoms with E-state index in [1.54, 1.807) is 17.8 Å². The lowest BCUT2D eigenvalue weighted by Crippen LogP contribution is -2.37. The summed E-state index contributed by atoms with van der Waals surface area (Å²) in [6.07, 6.45) is 5.26. The number of H-pyrrole nitrogens is 1. The average molecular weight is 383 g/mol. The molecule has 8 nitrogen and oxygen atoms in total. The molecule has 1 aliphatic heterocycles. The summed E-state index contributed by atoms with van der Waals surface area (Å²) < 4.78 is 32.2. The molecule has 0 radical (unpaired) electrons. The van der Waals surface area contributed by atoms with Crippen molar-refractivity contribution in [3.8, 4) is 11.6 Å². The molecular formula is C15H21N5O3S2. The second-order valence-corrected chi connectivity index (χ2v) is 9.71. The zero-order chi connectivity index (χ0) is 17.5. The number of hydrogen-bond donors (Lipinski definition) is 2. The molecule has 2 aromatic rings. The van der Waals surface area contributed by atoms with Crippen LogP contribution in [0, 0.1) is 0 Å². The van der Waals surface area contributed by atoms with Gasteiger partial charge in [-0.3, -0.25) is 0 Å². The smallest absolute Gasteiger partial charge is 0.274 e. The van der Waals surface area contributed by atoms with Crippen LogP contribution < -0.4 is 5.73 Å². The summed E-state index contributed by atoms with van der Waals surface area (Å²) in [5.41, 5.74) is 6.30. The maximum absolute atomic E-state index is 12.7. The van der Waals surface area contributed by atoms with E-state index in [9.17, 15) is 8.42 Å². The first-order valence-corrected chi connectivity index (χ1v) is 11.0. The highest BCUT2D eigenvalue weighted by Gasteiger charge is 2.36. The van der Waals surface area contributed by atoms with Gasteiger partial charge >= 0.3 is 0 Å². The molecule has 0 atom stereocenters. The molecule has 2 aromatic heterocycles. The summed E-state index contributed by atoms with van der Waals surface area (Å²) in [6, 6.07) is 1.55. The summed E-state index contributed by atoms with van der Waals surface area (Å²) in [5, 5.41) is 4.01. The second-order valence-electron chi connectivity index (χ2n) is 6.55. The fraction of sp³-hybridized carbons (Fsp3) is 0.600. The van der Waals surface area contributed by atoms with Gasteiger partial charge in [0.1, 0.15) is 10.6 Å². The Hall–Kier alpha value is -1.36. The molecule has 0 spiro atoms. The van der Waals surface area contributed by atoms with E-state index in [0.29, 0.717) is 24.6 Å². The maximum Gasteiger partial charge on any atom is 0.274 e. The Morgan fingerprint density at radius 3 is 2.72 bits per heavy atom. The number of nitrogens with zero attached hydrogens (tertiary/aromatic N) is 3. The molecule has 3 heterocycles. The molecule has 2 aliphatic rings. The van der Waals surface area contributed by atoms with Crippen molar-refractivity contribution in [2.45, 2.75) is 36.1 Å². The SMILES string of the molecule is NC1(c2noc(-c3cc(S(=O)(=O)N4CCSCC4)c[nH]3)n2)CCCC1. The van der Waals surface area contributed by atoms with Gasteiger partial charge in [0.15, 0.2) is 5.82 Å². The number of rotatable bonds is 4. The Morgan fingerprint density at radius 2 is 2.00 bits per heavy atom. The Bertz CT molecular complexity index is 848. The molecule has 25 heavy (non-hydrogen) atoms. The fourth-order valence-corrected chi connectivity index (χ4v) is 5.92. The first kappa shape index (κ1) is 17.1. The van der Waals surface area contributed by atoms with Crippen molar-refractivity contribution in [3.63, 3.8) is 0 Å². The van der Waals surface area contributed by atoms with Gasteiger partial charge in [0.2, 0.25) is 10.0 Å². The Kier molecular flexibility index (Phi) is 4.38. The molecule has 3 N–H and O–H groups in total. The number of hydrogen-bond acceptors (Lipinski definition) is 7. The summed E-state index contributed by atoms with van der Waals surface area (Å²) in [6.45, 7) is 1.07. The Labute approximate surface area is 150 Å². The van der Waals surface area contributed by atoms with Crippen LogP contribution in [0.1, 0.15) is 31.5 Å². The zero-order valence-corrected chi connectivity index (χ0v) is 15.4. The largest absolute Gasteiger partial charge is 0.356 e. The fourth-order valence-electron chi connectivity index (χ4n) is 3.35. The van der Waals surface area contributed by atoms with E-state index in [4.69, 9.17) is 10.3 Å². The van der Waals surface area contributed by atoms with Gasteiger partial charge in [-0.25, -0.2) is 8.42 Å². The van der Waals surface area contributed by atoms with Crippen molar-refractivity contribution in [2.24, 2.45) is 5.73 Å². The first-order valence-electron chi connectivity index (χ1n) is 8.39. The third-order valence-electron chi connectivity index (χ3n) is 4.86. The number of aromatic amines is 1. The van der Waals surface area contributed by atoms with E-state index < -0.39 is 15.6 Å². The van der Waals surface area contributed by atoms with Crippen LogP contribution in [0.25, 0.3) is 11.6 Å². The van der Waals surface area contributed by atoms with Crippen molar-refractivity contribution in [1.29, 1.82) is 0 Å². The monoisotopic (exact) mass is 383 g/mol. The highest BCUT2D eigenvalue weighted by atomic mass is 32.2. The van der Waals surface area contributed by atoms with E-state index in [2.05, 4.69) is 15.1 Å². The van der Waals surface area contributed by atoms with Crippen molar-refractivity contribution >= 4 is 21.8 Å². The molecule has 2 fully saturated rings. The molecular weight excluding hydrogens is 362 g/mol. The summed E-state index contributed by atoms with van der Waals surface area (Å²) >= 11 is 1.77. The van der Waals surface area contributed by atoms with E-state index in [1.165, 1.54) is 10.5 Å². The van der Waals surface area contributed by atoms with Crippen molar-refractivity contribution in [3.05, 3.63) is 18.1 Å². The molecule has 1 saturated heterocycles. The second kappa shape index (κ2) is 6.42. The van der Waals surface area contributed by atoms with Crippen molar-refractivity contribution < 1.29 is 12.9 Å². The molecule has 0 unspecified atom stereocenters. The van der Waals surface area contributed by atoms with Crippen LogP contribution in [0.5, 0.6) is 0 Å². The Balaban J connectivity index is 1.58. The number of nitrogens with two attached hydrogens (primary N) is 1. The summed E-state index contributed by atoms with van der Waals surface area (Å²) in [4.78, 5) is 7.55. The average Bonchev–Trinajstić information content (AvgIpc) is 3.35. The summed E-state index contributed by atoms with van der Waals surface area (Å²) in [5.74, 6) is 2.40. The highest BCUT2D eigenvalue weighted by Crippen LogP contribution is 2.35. The third kappa shape index (κ3) is 3.12. The number of nitrogens with one attached hydrogen (secondary N) is 1. The van der Waals surface area contributed by atoms with Crippen LogP contribution in [0.3, 0.4) is 0 Å². The number of thioether (sulfide) groups is 1. The van der Waals surface area contributed by atoms with Crippen LogP contribution in [0.15, 0.2) is 21.7 Å². The zero-order valence-electron chi connectivity index (χ0n) is 13.8. The van der Waals surface area contributed by atoms with Gasteiger partial charge < -0.3 is 15.2 Å². The normalized spacial score (nSPS) is 21.6. The predicted molar refractivity (Wildman–Crippen MR) is 94.5 cm³/mol. The topological polar surface area (TPSA) is 118 Å². The van der Waals surface area contributed by atoms with Gasteiger partial charge in [-0.1, -0.05) is 18.0 Å². The molecule has 4 rings (SSSR count). The minimum absolute atomic E-state index is 0.220. The van der Waals surface area contributed by atoms with E-state index >= 15 is 0 Å². The molecule has 136 valence electrons. The molecule has 1 saturated carbocycles. The molecule has 0 bridgehead atoms. The summed E-state index contributed by atoms with van der Waals surface area (Å²) in [7, 11) is -3.50. The molecule has 0 aromatic carbocycles. The van der Waals surface area contributed by atoms with Gasteiger partial charge in [-0.2, -0.15) is 21.1 Å². The minimum Gasteiger partial charge on any atom is -0.356 e. The van der Waals surface area contributed by atoms with Crippen LogP contribution >= 0.6 is 11.8 Å². The standard InChI is InChI=1S/C15H21N5O3S2/c16-15(3-1-2-4-15)14-18-13(23-19-14)12-9-11(10-17-12)25(21,22)20-5-7-24-8-6-20/h9-10,17H,1-8,16H2. The minimum atomic E-state index is -3.50. The maximum atomic E-state index is 12.7. The van der Waals surface area contributed by atoms with Crippen molar-refractivity contribution in [1.82, 2.24) is 19.4 Å². The number of sulfonamides is 1. The van der Waals surface area contributed by atoms with Gasteiger partial charge in [0.25, 0.3) is 5.89 Å². The first-order chi connectivity index (χ1) is 12.0. The third-order valence-corrected chi connectivity index (χ3v) is 7.68. The Morgan fingerprint density at radius 1 is 1.28 bits per heavy atom. The quantitative estimate of drug-likeness (QED) is 0.822. The van der Waals surface area contributed by atoms with E-state index in [-0.39, 0.29) is 10.8 Å². The highest BCUT2D eigenvalue weighted by molar-refractivity contribution is 7.99. The van der Waals surface area contributed by atoms with E-state index in [1.807, 2.05) is 0 Å². The lowest BCUT2D eigenvalue weighted by Gasteiger charge is -2.24. The molecule has 1 aliphatic carbocycles. The number of aromatic nitrogens is 3. The van der Waals surface area contributed by atoms with Gasteiger partial charge in [0, 0.05) is 30.8 Å². The molecule has 0 amide bonds. The van der Waals surface area contributed by atoms with Gasteiger partial charge in [-0.15, -0.1) is 0 Å². The van der Waals surface area contributed by atoms with Crippen LogP contribution in [0.4, 0.5) is 0 Å². The molecule has 10 heteroatoms. The van der Waals surface area contributed by atoms with Crippen LogP contribution in [0.2, 0.25) is 0 Å². The lowest BCUT2D eigenvalue weighted by molar-refractivity contribution is 0.372. The predicted octanol–water partition coefficient (Wildman–Crippen LogP) is 1.53. The van der Waals surface area contributed by atoms with Crippen molar-refractivity contribution in [2.75, 3.05) is 24.6 Å². The van der Waals surface area contributed by atoms with E-state index in [0.717, 1.165) is 37.2 Å². The van der Waals surface area contributed by atoms with Gasteiger partial charge in [-0.05, 0) is 18.9 Å².